The van der Waals surface area contributed by atoms with Gasteiger partial charge in [0.2, 0.25) is 5.88 Å². The van der Waals surface area contributed by atoms with Crippen molar-refractivity contribution in [2.24, 2.45) is 0 Å². The molecule has 2 rings (SSSR count). The Bertz CT molecular complexity index is 756. The van der Waals surface area contributed by atoms with Crippen molar-refractivity contribution in [2.75, 3.05) is 31.4 Å². The van der Waals surface area contributed by atoms with Gasteiger partial charge in [0.25, 0.3) is 5.91 Å². The fraction of sp³-hybridized carbons (Fsp3) is 0.214. The number of aromatic nitrogens is 2. The summed E-state index contributed by atoms with van der Waals surface area (Å²) in [4.78, 5) is 21.9. The number of carbonyl (C=O) groups is 1. The molecule has 0 aliphatic carbocycles. The van der Waals surface area contributed by atoms with Crippen molar-refractivity contribution in [1.29, 1.82) is 0 Å². The molecule has 1 heterocycles. The zero-order chi connectivity index (χ0) is 17.1. The highest BCUT2D eigenvalue weighted by molar-refractivity contribution is 6.34. The van der Waals surface area contributed by atoms with E-state index in [0.717, 1.165) is 12.1 Å². The van der Waals surface area contributed by atoms with Gasteiger partial charge in [-0.05, 0) is 12.1 Å². The fourth-order valence-electron chi connectivity index (χ4n) is 1.84. The van der Waals surface area contributed by atoms with Gasteiger partial charge in [-0.15, -0.1) is 0 Å². The largest absolute Gasteiger partial charge is 0.479 e. The molecule has 0 atom stereocenters. The summed E-state index contributed by atoms with van der Waals surface area (Å²) >= 11 is 5.80. The van der Waals surface area contributed by atoms with Crippen LogP contribution < -0.4 is 15.0 Å². The third-order valence-electron chi connectivity index (χ3n) is 2.90. The molecule has 0 aliphatic heterocycles. The Hall–Kier alpha value is -2.48. The first kappa shape index (κ1) is 16.9. The quantitative estimate of drug-likeness (QED) is 0.865. The Morgan fingerprint density at radius 2 is 1.91 bits per heavy atom. The van der Waals surface area contributed by atoms with Crippen LogP contribution in [-0.2, 0) is 0 Å². The van der Waals surface area contributed by atoms with E-state index in [4.69, 9.17) is 16.3 Å². The molecule has 122 valence electrons. The lowest BCUT2D eigenvalue weighted by Gasteiger charge is -2.18. The van der Waals surface area contributed by atoms with E-state index in [0.29, 0.717) is 5.82 Å². The van der Waals surface area contributed by atoms with Crippen LogP contribution in [-0.4, -0.2) is 37.1 Å². The lowest BCUT2D eigenvalue weighted by Crippen LogP contribution is -2.19. The van der Waals surface area contributed by atoms with Crippen LogP contribution in [0.5, 0.6) is 5.88 Å². The van der Waals surface area contributed by atoms with Gasteiger partial charge in [0.1, 0.15) is 12.0 Å². The lowest BCUT2D eigenvalue weighted by atomic mass is 10.2. The molecule has 0 radical (unpaired) electrons. The lowest BCUT2D eigenvalue weighted by molar-refractivity contribution is 0.102. The number of hydrogen-bond donors (Lipinski definition) is 1. The molecule has 1 aromatic carbocycles. The molecule has 2 aromatic rings. The fourth-order valence-corrected chi connectivity index (χ4v) is 2.08. The first-order valence-electron chi connectivity index (χ1n) is 6.37. The van der Waals surface area contributed by atoms with E-state index in [1.54, 1.807) is 19.0 Å². The van der Waals surface area contributed by atoms with E-state index in [9.17, 15) is 13.6 Å². The molecule has 6 nitrogen and oxygen atoms in total. The molecule has 0 spiro atoms. The van der Waals surface area contributed by atoms with Gasteiger partial charge < -0.3 is 15.0 Å². The first-order chi connectivity index (χ1) is 10.8. The van der Waals surface area contributed by atoms with Crippen LogP contribution in [0.2, 0.25) is 5.02 Å². The summed E-state index contributed by atoms with van der Waals surface area (Å²) in [6.45, 7) is 0. The summed E-state index contributed by atoms with van der Waals surface area (Å²) < 4.78 is 31.5. The minimum atomic E-state index is -1.18. The van der Waals surface area contributed by atoms with Crippen LogP contribution in [0.25, 0.3) is 0 Å². The van der Waals surface area contributed by atoms with Gasteiger partial charge in [0.15, 0.2) is 17.5 Å². The van der Waals surface area contributed by atoms with Crippen molar-refractivity contribution < 1.29 is 18.3 Å². The third-order valence-corrected chi connectivity index (χ3v) is 3.22. The highest BCUT2D eigenvalue weighted by atomic mass is 35.5. The molecule has 1 aromatic heterocycles. The zero-order valence-corrected chi connectivity index (χ0v) is 13.3. The first-order valence-corrected chi connectivity index (χ1v) is 6.75. The van der Waals surface area contributed by atoms with E-state index < -0.39 is 17.5 Å². The molecule has 0 fully saturated rings. The third kappa shape index (κ3) is 3.48. The van der Waals surface area contributed by atoms with E-state index in [2.05, 4.69) is 15.3 Å². The monoisotopic (exact) mass is 342 g/mol. The van der Waals surface area contributed by atoms with Gasteiger partial charge in [-0.1, -0.05) is 11.6 Å². The maximum atomic E-state index is 13.3. The topological polar surface area (TPSA) is 67.4 Å². The van der Waals surface area contributed by atoms with Crippen LogP contribution in [0.15, 0.2) is 18.5 Å². The number of nitrogens with one attached hydrogen (secondary N) is 1. The van der Waals surface area contributed by atoms with Gasteiger partial charge in [-0.2, -0.15) is 4.98 Å². The molecule has 1 amide bonds. The maximum absolute atomic E-state index is 13.3. The number of methoxy groups -OCH3 is 1. The van der Waals surface area contributed by atoms with Crippen LogP contribution in [0, 0.1) is 11.6 Å². The number of rotatable bonds is 4. The highest BCUT2D eigenvalue weighted by Gasteiger charge is 2.20. The summed E-state index contributed by atoms with van der Waals surface area (Å²) in [7, 11) is 4.80. The van der Waals surface area contributed by atoms with Crippen LogP contribution in [0.3, 0.4) is 0 Å². The number of anilines is 2. The molecular formula is C14H13ClF2N4O2. The van der Waals surface area contributed by atoms with Crippen molar-refractivity contribution >= 4 is 29.0 Å². The predicted octanol–water partition coefficient (Wildman–Crippen LogP) is 2.74. The van der Waals surface area contributed by atoms with Gasteiger partial charge in [0.05, 0.1) is 17.7 Å². The number of nitrogens with zero attached hydrogens (tertiary/aromatic N) is 3. The van der Waals surface area contributed by atoms with Crippen molar-refractivity contribution in [2.45, 2.75) is 0 Å². The van der Waals surface area contributed by atoms with E-state index in [1.165, 1.54) is 13.4 Å². The minimum absolute atomic E-state index is 0.121. The second-order valence-corrected chi connectivity index (χ2v) is 5.08. The SMILES string of the molecule is COc1ncnc(N(C)C)c1NC(=O)c1cc(F)c(F)cc1Cl. The average Bonchev–Trinajstić information content (AvgIpc) is 2.50. The average molecular weight is 343 g/mol. The number of halogens is 3. The maximum Gasteiger partial charge on any atom is 0.257 e. The summed E-state index contributed by atoms with van der Waals surface area (Å²) in [5.41, 5.74) is -0.0352. The Labute approximate surface area is 136 Å². The Morgan fingerprint density at radius 1 is 1.26 bits per heavy atom. The Balaban J connectivity index is 2.43. The second-order valence-electron chi connectivity index (χ2n) is 4.68. The number of amides is 1. The molecule has 0 bridgehead atoms. The highest BCUT2D eigenvalue weighted by Crippen LogP contribution is 2.31. The van der Waals surface area contributed by atoms with Crippen LogP contribution in [0.1, 0.15) is 10.4 Å². The second kappa shape index (κ2) is 6.74. The molecule has 0 aliphatic rings. The number of ether oxygens (including phenoxy) is 1. The van der Waals surface area contributed by atoms with Crippen molar-refractivity contribution in [1.82, 2.24) is 9.97 Å². The van der Waals surface area contributed by atoms with E-state index in [1.807, 2.05) is 0 Å². The molecule has 0 saturated heterocycles. The smallest absolute Gasteiger partial charge is 0.257 e. The van der Waals surface area contributed by atoms with Gasteiger partial charge in [-0.3, -0.25) is 4.79 Å². The van der Waals surface area contributed by atoms with E-state index in [-0.39, 0.29) is 22.2 Å². The van der Waals surface area contributed by atoms with Crippen molar-refractivity contribution in [3.63, 3.8) is 0 Å². The zero-order valence-electron chi connectivity index (χ0n) is 12.5. The molecule has 0 unspecified atom stereocenters. The predicted molar refractivity (Wildman–Crippen MR) is 82.2 cm³/mol. The molecule has 9 heteroatoms. The molecule has 1 N–H and O–H groups in total. The normalized spacial score (nSPS) is 10.3. The summed E-state index contributed by atoms with van der Waals surface area (Å²) in [5.74, 6) is -2.56. The van der Waals surface area contributed by atoms with Gasteiger partial charge in [-0.25, -0.2) is 13.8 Å². The number of carbonyl (C=O) groups excluding carboxylic acids is 1. The molecular weight excluding hydrogens is 330 g/mol. The summed E-state index contributed by atoms with van der Waals surface area (Å²) in [6, 6.07) is 1.45. The van der Waals surface area contributed by atoms with E-state index >= 15 is 0 Å². The summed E-state index contributed by atoms with van der Waals surface area (Å²) in [5, 5.41) is 2.29. The Morgan fingerprint density at radius 3 is 2.52 bits per heavy atom. The van der Waals surface area contributed by atoms with Crippen LogP contribution in [0.4, 0.5) is 20.3 Å². The van der Waals surface area contributed by atoms with Crippen molar-refractivity contribution in [3.8, 4) is 5.88 Å². The Kier molecular flexibility index (Phi) is 4.95. The van der Waals surface area contributed by atoms with Crippen LogP contribution >= 0.6 is 11.6 Å². The molecule has 0 saturated carbocycles. The standard InChI is InChI=1S/C14H13ClF2N4O2/c1-21(2)12-11(14(23-3)19-6-18-12)20-13(22)7-4-9(16)10(17)5-8(7)15/h4-6H,1-3H3,(H,20,22). The minimum Gasteiger partial charge on any atom is -0.479 e. The van der Waals surface area contributed by atoms with Gasteiger partial charge in [0, 0.05) is 14.1 Å². The van der Waals surface area contributed by atoms with Gasteiger partial charge >= 0.3 is 0 Å². The molecule has 23 heavy (non-hydrogen) atoms. The summed E-state index contributed by atoms with van der Waals surface area (Å²) in [6.07, 6.45) is 1.27. The number of benzene rings is 1. The van der Waals surface area contributed by atoms with Crippen molar-refractivity contribution in [3.05, 3.63) is 40.7 Å². The number of hydrogen-bond acceptors (Lipinski definition) is 5.